The fraction of sp³-hybridized carbons (Fsp3) is 0. The van der Waals surface area contributed by atoms with Crippen LogP contribution in [-0.2, 0) is 0 Å². The van der Waals surface area contributed by atoms with E-state index in [2.05, 4.69) is 4.98 Å². The largest absolute Gasteiger partial charge is 0.436 e. The van der Waals surface area contributed by atoms with Crippen LogP contribution in [0.2, 0.25) is 20.1 Å². The Morgan fingerprint density at radius 3 is 2.42 bits per heavy atom. The Labute approximate surface area is 129 Å². The highest BCUT2D eigenvalue weighted by molar-refractivity contribution is 6.43. The summed E-state index contributed by atoms with van der Waals surface area (Å²) in [5.74, 6) is 0.321. The van der Waals surface area contributed by atoms with Gasteiger partial charge in [-0.25, -0.2) is 4.98 Å². The number of hydrogen-bond donors (Lipinski definition) is 0. The van der Waals surface area contributed by atoms with Crippen molar-refractivity contribution < 1.29 is 4.74 Å². The Hall–Kier alpha value is -1.18. The summed E-state index contributed by atoms with van der Waals surface area (Å²) < 4.78 is 5.45. The first-order chi connectivity index (χ1) is 9.02. The molecule has 0 N–H and O–H groups in total. The molecular formula is C12H4Cl4N2O. The zero-order chi connectivity index (χ0) is 14.0. The van der Waals surface area contributed by atoms with Gasteiger partial charge in [-0.1, -0.05) is 46.4 Å². The molecule has 1 aromatic carbocycles. The first-order valence-electron chi connectivity index (χ1n) is 4.90. The van der Waals surface area contributed by atoms with E-state index in [9.17, 15) is 0 Å². The summed E-state index contributed by atoms with van der Waals surface area (Å²) in [5.41, 5.74) is 0.253. The second kappa shape index (κ2) is 5.85. The Morgan fingerprint density at radius 1 is 1.05 bits per heavy atom. The third-order valence-electron chi connectivity index (χ3n) is 2.16. The SMILES string of the molecule is N#Cc1ccnc(Oc2cc(Cl)c(Cl)cc2Cl)c1Cl. The summed E-state index contributed by atoms with van der Waals surface area (Å²) in [4.78, 5) is 3.94. The molecule has 0 atom stereocenters. The molecule has 2 rings (SSSR count). The molecule has 0 unspecified atom stereocenters. The van der Waals surface area contributed by atoms with Crippen molar-refractivity contribution in [2.24, 2.45) is 0 Å². The average molecular weight is 334 g/mol. The first-order valence-corrected chi connectivity index (χ1v) is 6.41. The van der Waals surface area contributed by atoms with Gasteiger partial charge >= 0.3 is 0 Å². The maximum absolute atomic E-state index is 8.86. The summed E-state index contributed by atoms with van der Waals surface area (Å²) in [7, 11) is 0. The van der Waals surface area contributed by atoms with E-state index >= 15 is 0 Å². The fourth-order valence-electron chi connectivity index (χ4n) is 1.27. The van der Waals surface area contributed by atoms with Crippen LogP contribution in [0.1, 0.15) is 5.56 Å². The Kier molecular flexibility index (Phi) is 4.38. The van der Waals surface area contributed by atoms with Crippen LogP contribution in [0.5, 0.6) is 11.6 Å². The zero-order valence-corrected chi connectivity index (χ0v) is 12.1. The normalized spacial score (nSPS) is 10.1. The van der Waals surface area contributed by atoms with E-state index in [1.807, 2.05) is 6.07 Å². The smallest absolute Gasteiger partial charge is 0.239 e. The number of rotatable bonds is 2. The molecule has 0 spiro atoms. The minimum Gasteiger partial charge on any atom is -0.436 e. The number of hydrogen-bond acceptors (Lipinski definition) is 3. The van der Waals surface area contributed by atoms with Gasteiger partial charge in [0.1, 0.15) is 16.8 Å². The summed E-state index contributed by atoms with van der Waals surface area (Å²) in [6.45, 7) is 0. The van der Waals surface area contributed by atoms with E-state index in [0.29, 0.717) is 5.02 Å². The highest BCUT2D eigenvalue weighted by atomic mass is 35.5. The van der Waals surface area contributed by atoms with E-state index in [1.165, 1.54) is 24.4 Å². The maximum Gasteiger partial charge on any atom is 0.239 e. The van der Waals surface area contributed by atoms with Crippen LogP contribution in [-0.4, -0.2) is 4.98 Å². The van der Waals surface area contributed by atoms with Crippen molar-refractivity contribution in [2.45, 2.75) is 0 Å². The van der Waals surface area contributed by atoms with E-state index in [0.717, 1.165) is 0 Å². The van der Waals surface area contributed by atoms with Crippen molar-refractivity contribution in [3.8, 4) is 17.7 Å². The Balaban J connectivity index is 2.43. The zero-order valence-electron chi connectivity index (χ0n) is 9.12. The van der Waals surface area contributed by atoms with Crippen molar-refractivity contribution in [1.29, 1.82) is 5.26 Å². The van der Waals surface area contributed by atoms with Gasteiger partial charge in [0.25, 0.3) is 0 Å². The molecular weight excluding hydrogens is 330 g/mol. The lowest BCUT2D eigenvalue weighted by Gasteiger charge is -2.09. The maximum atomic E-state index is 8.86. The molecule has 0 amide bonds. The predicted molar refractivity (Wildman–Crippen MR) is 75.5 cm³/mol. The summed E-state index contributed by atoms with van der Waals surface area (Å²) in [6, 6.07) is 6.30. The number of benzene rings is 1. The lowest BCUT2D eigenvalue weighted by molar-refractivity contribution is 0.463. The molecule has 19 heavy (non-hydrogen) atoms. The number of aromatic nitrogens is 1. The first kappa shape index (κ1) is 14.2. The standard InChI is InChI=1S/C12H4Cl4N2O/c13-7-3-9(15)10(4-8(7)14)19-12-11(16)6(5-17)1-2-18-12/h1-4H. The Morgan fingerprint density at radius 2 is 1.74 bits per heavy atom. The highest BCUT2D eigenvalue weighted by Crippen LogP contribution is 2.37. The van der Waals surface area contributed by atoms with Gasteiger partial charge in [-0.2, -0.15) is 5.26 Å². The van der Waals surface area contributed by atoms with Gasteiger partial charge in [-0.15, -0.1) is 0 Å². The fourth-order valence-corrected chi connectivity index (χ4v) is 2.04. The highest BCUT2D eigenvalue weighted by Gasteiger charge is 2.13. The van der Waals surface area contributed by atoms with Gasteiger partial charge in [-0.3, -0.25) is 0 Å². The van der Waals surface area contributed by atoms with Crippen LogP contribution in [0.25, 0.3) is 0 Å². The number of nitriles is 1. The van der Waals surface area contributed by atoms with Gasteiger partial charge in [0.15, 0.2) is 0 Å². The summed E-state index contributed by atoms with van der Waals surface area (Å²) >= 11 is 23.6. The summed E-state index contributed by atoms with van der Waals surface area (Å²) in [5, 5.41) is 9.82. The second-order valence-electron chi connectivity index (χ2n) is 3.39. The lowest BCUT2D eigenvalue weighted by atomic mass is 10.3. The molecule has 0 aliphatic carbocycles. The topological polar surface area (TPSA) is 45.9 Å². The quantitative estimate of drug-likeness (QED) is 0.695. The molecule has 1 aromatic heterocycles. The average Bonchev–Trinajstić information content (AvgIpc) is 2.38. The number of ether oxygens (including phenoxy) is 1. The van der Waals surface area contributed by atoms with Gasteiger partial charge in [0.2, 0.25) is 5.88 Å². The minimum absolute atomic E-state index is 0.0704. The number of halogens is 4. The van der Waals surface area contributed by atoms with Crippen LogP contribution in [0.15, 0.2) is 24.4 Å². The number of nitrogens with zero attached hydrogens (tertiary/aromatic N) is 2. The van der Waals surface area contributed by atoms with Crippen molar-refractivity contribution in [2.75, 3.05) is 0 Å². The van der Waals surface area contributed by atoms with Gasteiger partial charge < -0.3 is 4.74 Å². The van der Waals surface area contributed by atoms with E-state index in [1.54, 1.807) is 0 Å². The molecule has 1 heterocycles. The van der Waals surface area contributed by atoms with E-state index in [-0.39, 0.29) is 32.3 Å². The van der Waals surface area contributed by atoms with Crippen molar-refractivity contribution in [3.05, 3.63) is 50.0 Å². The lowest BCUT2D eigenvalue weighted by Crippen LogP contribution is -1.92. The van der Waals surface area contributed by atoms with Crippen LogP contribution >= 0.6 is 46.4 Å². The van der Waals surface area contributed by atoms with E-state index in [4.69, 9.17) is 56.4 Å². The predicted octanol–water partition coefficient (Wildman–Crippen LogP) is 5.36. The molecule has 0 saturated carbocycles. The number of pyridine rings is 1. The molecule has 96 valence electrons. The van der Waals surface area contributed by atoms with Gasteiger partial charge in [0, 0.05) is 12.3 Å². The molecule has 0 radical (unpaired) electrons. The molecule has 2 aromatic rings. The van der Waals surface area contributed by atoms with Gasteiger partial charge in [-0.05, 0) is 12.1 Å². The van der Waals surface area contributed by atoms with Crippen LogP contribution in [0, 0.1) is 11.3 Å². The Bertz CT molecular complexity index is 682. The third kappa shape index (κ3) is 3.05. The van der Waals surface area contributed by atoms with Gasteiger partial charge in [0.05, 0.1) is 20.6 Å². The van der Waals surface area contributed by atoms with Crippen molar-refractivity contribution in [1.82, 2.24) is 4.98 Å². The molecule has 0 bridgehead atoms. The van der Waals surface area contributed by atoms with Crippen molar-refractivity contribution >= 4 is 46.4 Å². The van der Waals surface area contributed by atoms with Crippen molar-refractivity contribution in [3.63, 3.8) is 0 Å². The molecule has 0 saturated heterocycles. The molecule has 7 heteroatoms. The molecule has 0 aliphatic heterocycles. The van der Waals surface area contributed by atoms with Crippen LogP contribution in [0.3, 0.4) is 0 Å². The molecule has 0 fully saturated rings. The summed E-state index contributed by atoms with van der Waals surface area (Å²) in [6.07, 6.45) is 1.41. The van der Waals surface area contributed by atoms with Crippen LogP contribution < -0.4 is 4.74 Å². The minimum atomic E-state index is 0.0704. The monoisotopic (exact) mass is 332 g/mol. The molecule has 0 aliphatic rings. The van der Waals surface area contributed by atoms with E-state index < -0.39 is 0 Å². The molecule has 3 nitrogen and oxygen atoms in total. The third-order valence-corrected chi connectivity index (χ3v) is 3.54. The van der Waals surface area contributed by atoms with Crippen LogP contribution in [0.4, 0.5) is 0 Å². The second-order valence-corrected chi connectivity index (χ2v) is 4.99.